The summed E-state index contributed by atoms with van der Waals surface area (Å²) in [6.07, 6.45) is 7.92. The van der Waals surface area contributed by atoms with Crippen LogP contribution >= 0.6 is 0 Å². The van der Waals surface area contributed by atoms with Crippen LogP contribution in [0.2, 0.25) is 0 Å². The van der Waals surface area contributed by atoms with Crippen molar-refractivity contribution in [2.45, 2.75) is 6.92 Å². The van der Waals surface area contributed by atoms with Gasteiger partial charge in [-0.25, -0.2) is 9.98 Å². The molecule has 0 aliphatic heterocycles. The Morgan fingerprint density at radius 1 is 0.586 bits per heavy atom. The predicted octanol–water partition coefficient (Wildman–Crippen LogP) is 6.29. The molecule has 3 aromatic rings. The van der Waals surface area contributed by atoms with E-state index < -0.39 is 0 Å². The van der Waals surface area contributed by atoms with E-state index in [4.69, 9.17) is 5.73 Å². The number of anilines is 3. The van der Waals surface area contributed by atoms with Gasteiger partial charge in [-0.05, 0) is 91.9 Å². The molecule has 0 radical (unpaired) electrons. The SMILES string of the molecule is Cc1ccc(N=C2C=CC(=Nc3ccc(Nc4ccc(N)cc4)cc3)C=C2)cc1. The molecular weight excluding hydrogens is 356 g/mol. The van der Waals surface area contributed by atoms with Gasteiger partial charge in [-0.15, -0.1) is 0 Å². The molecule has 0 bridgehead atoms. The fourth-order valence-electron chi connectivity index (χ4n) is 2.87. The molecule has 0 aromatic heterocycles. The van der Waals surface area contributed by atoms with Crippen LogP contribution in [-0.2, 0) is 0 Å². The van der Waals surface area contributed by atoms with Crippen LogP contribution in [0.4, 0.5) is 28.4 Å². The molecule has 0 saturated heterocycles. The van der Waals surface area contributed by atoms with Gasteiger partial charge in [0.15, 0.2) is 0 Å². The van der Waals surface area contributed by atoms with E-state index in [-0.39, 0.29) is 0 Å². The quantitative estimate of drug-likeness (QED) is 0.414. The van der Waals surface area contributed by atoms with Gasteiger partial charge in [0.1, 0.15) is 0 Å². The van der Waals surface area contributed by atoms with Crippen molar-refractivity contribution in [3.8, 4) is 0 Å². The van der Waals surface area contributed by atoms with Gasteiger partial charge < -0.3 is 11.1 Å². The van der Waals surface area contributed by atoms with E-state index in [2.05, 4.69) is 34.4 Å². The summed E-state index contributed by atoms with van der Waals surface area (Å²) in [6, 6.07) is 23.8. The zero-order valence-corrected chi connectivity index (χ0v) is 16.2. The third kappa shape index (κ3) is 5.08. The van der Waals surface area contributed by atoms with Crippen molar-refractivity contribution in [2.75, 3.05) is 11.1 Å². The van der Waals surface area contributed by atoms with Crippen molar-refractivity contribution in [1.29, 1.82) is 0 Å². The monoisotopic (exact) mass is 378 g/mol. The number of allylic oxidation sites excluding steroid dienone is 4. The lowest BCUT2D eigenvalue weighted by Crippen LogP contribution is -1.99. The highest BCUT2D eigenvalue weighted by molar-refractivity contribution is 6.19. The molecular formula is C25H22N4. The van der Waals surface area contributed by atoms with Crippen LogP contribution < -0.4 is 11.1 Å². The third-order valence-electron chi connectivity index (χ3n) is 4.47. The summed E-state index contributed by atoms with van der Waals surface area (Å²) < 4.78 is 0. The van der Waals surface area contributed by atoms with Gasteiger partial charge in [0.05, 0.1) is 22.8 Å². The van der Waals surface area contributed by atoms with Crippen LogP contribution in [0, 0.1) is 6.92 Å². The van der Waals surface area contributed by atoms with Gasteiger partial charge in [-0.1, -0.05) is 17.7 Å². The Bertz CT molecular complexity index is 1080. The molecule has 0 unspecified atom stereocenters. The molecule has 4 heteroatoms. The van der Waals surface area contributed by atoms with Crippen LogP contribution in [0.1, 0.15) is 5.56 Å². The van der Waals surface area contributed by atoms with E-state index >= 15 is 0 Å². The first-order valence-corrected chi connectivity index (χ1v) is 9.47. The number of aryl methyl sites for hydroxylation is 1. The molecule has 0 fully saturated rings. The van der Waals surface area contributed by atoms with Crippen LogP contribution in [0.3, 0.4) is 0 Å². The normalized spacial score (nSPS) is 12.7. The van der Waals surface area contributed by atoms with E-state index in [1.807, 2.05) is 85.0 Å². The van der Waals surface area contributed by atoms with E-state index in [0.717, 1.165) is 39.9 Å². The maximum absolute atomic E-state index is 5.72. The van der Waals surface area contributed by atoms with Crippen molar-refractivity contribution in [3.05, 3.63) is 103 Å². The van der Waals surface area contributed by atoms with E-state index in [1.165, 1.54) is 5.56 Å². The van der Waals surface area contributed by atoms with E-state index in [0.29, 0.717) is 0 Å². The minimum atomic E-state index is 0.752. The van der Waals surface area contributed by atoms with Crippen LogP contribution in [0.15, 0.2) is 107 Å². The fraction of sp³-hybridized carbons (Fsp3) is 0.0400. The third-order valence-corrected chi connectivity index (χ3v) is 4.47. The fourth-order valence-corrected chi connectivity index (χ4v) is 2.87. The Morgan fingerprint density at radius 2 is 1.00 bits per heavy atom. The topological polar surface area (TPSA) is 62.8 Å². The van der Waals surface area contributed by atoms with E-state index in [1.54, 1.807) is 0 Å². The summed E-state index contributed by atoms with van der Waals surface area (Å²) in [4.78, 5) is 9.30. The first-order chi connectivity index (χ1) is 14.1. The smallest absolute Gasteiger partial charge is 0.0638 e. The molecule has 0 amide bonds. The molecule has 4 rings (SSSR count). The highest BCUT2D eigenvalue weighted by Gasteiger charge is 2.01. The van der Waals surface area contributed by atoms with Crippen molar-refractivity contribution < 1.29 is 0 Å². The molecule has 3 aromatic carbocycles. The number of nitrogens with two attached hydrogens (primary N) is 1. The number of aliphatic imine (C=N–C) groups is 2. The molecule has 29 heavy (non-hydrogen) atoms. The first kappa shape index (κ1) is 18.4. The average Bonchev–Trinajstić information content (AvgIpc) is 2.74. The van der Waals surface area contributed by atoms with Crippen molar-refractivity contribution in [3.63, 3.8) is 0 Å². The summed E-state index contributed by atoms with van der Waals surface area (Å²) in [5.41, 5.74) is 13.4. The maximum atomic E-state index is 5.72. The molecule has 0 heterocycles. The van der Waals surface area contributed by atoms with Crippen molar-refractivity contribution in [1.82, 2.24) is 0 Å². The number of rotatable bonds is 4. The van der Waals surface area contributed by atoms with Crippen molar-refractivity contribution >= 4 is 39.9 Å². The number of hydrogen-bond acceptors (Lipinski definition) is 4. The molecule has 3 N–H and O–H groups in total. The number of hydrogen-bond donors (Lipinski definition) is 2. The van der Waals surface area contributed by atoms with Gasteiger partial charge in [-0.2, -0.15) is 0 Å². The lowest BCUT2D eigenvalue weighted by molar-refractivity contribution is 1.43. The summed E-state index contributed by atoms with van der Waals surface area (Å²) in [5, 5.41) is 3.35. The number of nitrogens with one attached hydrogen (secondary N) is 1. The Balaban J connectivity index is 1.41. The molecule has 142 valence electrons. The van der Waals surface area contributed by atoms with E-state index in [9.17, 15) is 0 Å². The average molecular weight is 378 g/mol. The summed E-state index contributed by atoms with van der Waals surface area (Å²) in [7, 11) is 0. The van der Waals surface area contributed by atoms with Crippen molar-refractivity contribution in [2.24, 2.45) is 9.98 Å². The largest absolute Gasteiger partial charge is 0.399 e. The predicted molar refractivity (Wildman–Crippen MR) is 124 cm³/mol. The number of benzene rings is 3. The van der Waals surface area contributed by atoms with Crippen LogP contribution in [0.5, 0.6) is 0 Å². The minimum absolute atomic E-state index is 0.752. The van der Waals surface area contributed by atoms with Gasteiger partial charge in [0, 0.05) is 17.1 Å². The lowest BCUT2D eigenvalue weighted by Gasteiger charge is -2.07. The maximum Gasteiger partial charge on any atom is 0.0638 e. The second kappa shape index (κ2) is 8.40. The zero-order valence-electron chi connectivity index (χ0n) is 16.2. The Hall–Kier alpha value is -3.92. The lowest BCUT2D eigenvalue weighted by atomic mass is 10.1. The van der Waals surface area contributed by atoms with Gasteiger partial charge in [0.2, 0.25) is 0 Å². The second-order valence-corrected chi connectivity index (χ2v) is 6.87. The number of nitrogen functional groups attached to an aromatic ring is 1. The Labute approximate surface area is 170 Å². The van der Waals surface area contributed by atoms with Gasteiger partial charge in [-0.3, -0.25) is 0 Å². The van der Waals surface area contributed by atoms with Gasteiger partial charge >= 0.3 is 0 Å². The first-order valence-electron chi connectivity index (χ1n) is 9.47. The molecule has 4 nitrogen and oxygen atoms in total. The minimum Gasteiger partial charge on any atom is -0.399 e. The summed E-state index contributed by atoms with van der Waals surface area (Å²) in [6.45, 7) is 2.07. The zero-order chi connectivity index (χ0) is 20.1. The Morgan fingerprint density at radius 3 is 1.48 bits per heavy atom. The molecule has 0 saturated carbocycles. The van der Waals surface area contributed by atoms with Crippen LogP contribution in [-0.4, -0.2) is 11.4 Å². The Kier molecular flexibility index (Phi) is 5.34. The molecule has 1 aliphatic rings. The standard InChI is InChI=1S/C25H22N4/c1-18-2-6-20(7-3-18)27-22-10-14-24(15-11-22)29-25-16-12-23(13-17-25)28-21-8-4-19(26)5-9-21/h2-17,28H,26H2,1H3. The molecule has 0 spiro atoms. The molecule has 1 aliphatic carbocycles. The molecule has 0 atom stereocenters. The highest BCUT2D eigenvalue weighted by Crippen LogP contribution is 2.22. The second-order valence-electron chi connectivity index (χ2n) is 6.87. The number of nitrogens with zero attached hydrogens (tertiary/aromatic N) is 2. The van der Waals surface area contributed by atoms with Crippen LogP contribution in [0.25, 0.3) is 0 Å². The summed E-state index contributed by atoms with van der Waals surface area (Å²) >= 11 is 0. The summed E-state index contributed by atoms with van der Waals surface area (Å²) in [5.74, 6) is 0. The van der Waals surface area contributed by atoms with Gasteiger partial charge in [0.25, 0.3) is 0 Å². The highest BCUT2D eigenvalue weighted by atomic mass is 14.9.